The van der Waals surface area contributed by atoms with Crippen LogP contribution in [-0.4, -0.2) is 43.1 Å². The van der Waals surface area contributed by atoms with Crippen LogP contribution in [0.2, 0.25) is 0 Å². The van der Waals surface area contributed by atoms with Gasteiger partial charge in [0.25, 0.3) is 0 Å². The molecule has 0 spiro atoms. The Hall–Kier alpha value is -2.24. The van der Waals surface area contributed by atoms with Gasteiger partial charge in [-0.05, 0) is 50.3 Å². The summed E-state index contributed by atoms with van der Waals surface area (Å²) in [7, 11) is 1.60. The predicted molar refractivity (Wildman–Crippen MR) is 106 cm³/mol. The molecule has 1 saturated heterocycles. The van der Waals surface area contributed by atoms with E-state index in [1.807, 2.05) is 25.1 Å². The molecule has 2 N–H and O–H groups in total. The molecule has 1 aliphatic heterocycles. The Balaban J connectivity index is 1.57. The normalized spacial score (nSPS) is 20.8. The summed E-state index contributed by atoms with van der Waals surface area (Å²) in [6.45, 7) is 3.17. The number of nitrogens with one attached hydrogen (secondary N) is 2. The van der Waals surface area contributed by atoms with Gasteiger partial charge in [0.2, 0.25) is 5.91 Å². The molecule has 0 bridgehead atoms. The van der Waals surface area contributed by atoms with Crippen molar-refractivity contribution in [1.29, 1.82) is 0 Å². The fourth-order valence-corrected chi connectivity index (χ4v) is 4.04. The quantitative estimate of drug-likeness (QED) is 0.845. The molecule has 1 atom stereocenters. The molecule has 2 fully saturated rings. The maximum atomic E-state index is 12.8. The van der Waals surface area contributed by atoms with Crippen molar-refractivity contribution in [2.45, 2.75) is 57.9 Å². The number of rotatable bonds is 4. The highest BCUT2D eigenvalue weighted by atomic mass is 16.5. The molecule has 0 aromatic heterocycles. The number of carbonyl (C=O) groups excluding carboxylic acids is 2. The van der Waals surface area contributed by atoms with Gasteiger partial charge in [0.15, 0.2) is 0 Å². The van der Waals surface area contributed by atoms with Crippen molar-refractivity contribution in [2.24, 2.45) is 5.92 Å². The minimum Gasteiger partial charge on any atom is -0.495 e. The summed E-state index contributed by atoms with van der Waals surface area (Å²) in [5.41, 5.74) is 1.74. The first-order valence-electron chi connectivity index (χ1n) is 10.1. The lowest BCUT2D eigenvalue weighted by Gasteiger charge is -2.34. The number of aryl methyl sites for hydroxylation is 1. The van der Waals surface area contributed by atoms with Gasteiger partial charge in [-0.3, -0.25) is 4.79 Å². The van der Waals surface area contributed by atoms with Gasteiger partial charge < -0.3 is 20.3 Å². The molecule has 2 aliphatic rings. The van der Waals surface area contributed by atoms with Crippen molar-refractivity contribution in [1.82, 2.24) is 10.2 Å². The number of methoxy groups -OCH3 is 1. The molecule has 1 aromatic carbocycles. The van der Waals surface area contributed by atoms with Gasteiger partial charge in [-0.25, -0.2) is 4.79 Å². The fourth-order valence-electron chi connectivity index (χ4n) is 4.04. The van der Waals surface area contributed by atoms with E-state index in [1.165, 1.54) is 19.3 Å². The van der Waals surface area contributed by atoms with Gasteiger partial charge in [0, 0.05) is 19.1 Å². The predicted octanol–water partition coefficient (Wildman–Crippen LogP) is 3.70. The smallest absolute Gasteiger partial charge is 0.317 e. The number of urea groups is 1. The van der Waals surface area contributed by atoms with E-state index in [4.69, 9.17) is 4.74 Å². The fraction of sp³-hybridized carbons (Fsp3) is 0.619. The second-order valence-corrected chi connectivity index (χ2v) is 7.76. The largest absolute Gasteiger partial charge is 0.495 e. The van der Waals surface area contributed by atoms with E-state index in [-0.39, 0.29) is 23.9 Å². The Morgan fingerprint density at radius 3 is 2.63 bits per heavy atom. The summed E-state index contributed by atoms with van der Waals surface area (Å²) in [5.74, 6) is 0.409. The maximum Gasteiger partial charge on any atom is 0.317 e. The third-order valence-corrected chi connectivity index (χ3v) is 5.63. The molecular formula is C21H31N3O3. The van der Waals surface area contributed by atoms with Crippen molar-refractivity contribution in [3.63, 3.8) is 0 Å². The van der Waals surface area contributed by atoms with E-state index in [0.717, 1.165) is 37.8 Å². The number of hydrogen-bond acceptors (Lipinski definition) is 3. The van der Waals surface area contributed by atoms with Crippen molar-refractivity contribution in [3.8, 4) is 5.75 Å². The molecule has 0 unspecified atom stereocenters. The average molecular weight is 373 g/mol. The Labute approximate surface area is 161 Å². The number of nitrogens with zero attached hydrogens (tertiary/aromatic N) is 1. The lowest BCUT2D eigenvalue weighted by atomic mass is 9.95. The summed E-state index contributed by atoms with van der Waals surface area (Å²) in [6, 6.07) is 5.99. The Morgan fingerprint density at radius 2 is 1.89 bits per heavy atom. The molecule has 3 amide bonds. The second kappa shape index (κ2) is 9.11. The number of amides is 3. The zero-order valence-electron chi connectivity index (χ0n) is 16.4. The number of ether oxygens (including phenoxy) is 1. The van der Waals surface area contributed by atoms with Gasteiger partial charge in [0.1, 0.15) is 5.75 Å². The summed E-state index contributed by atoms with van der Waals surface area (Å²) in [4.78, 5) is 27.2. The number of hydrogen-bond donors (Lipinski definition) is 2. The number of likely N-dealkylation sites (tertiary alicyclic amines) is 1. The highest BCUT2D eigenvalue weighted by molar-refractivity contribution is 5.94. The molecule has 3 rings (SSSR count). The minimum atomic E-state index is -0.193. The second-order valence-electron chi connectivity index (χ2n) is 7.76. The molecule has 0 radical (unpaired) electrons. The van der Waals surface area contributed by atoms with Crippen LogP contribution < -0.4 is 15.4 Å². The van der Waals surface area contributed by atoms with Crippen LogP contribution >= 0.6 is 0 Å². The Bertz CT molecular complexity index is 671. The van der Waals surface area contributed by atoms with Crippen LogP contribution in [0.1, 0.15) is 50.5 Å². The number of piperidine rings is 1. The molecular weight excluding hydrogens is 342 g/mol. The first kappa shape index (κ1) is 19.5. The van der Waals surface area contributed by atoms with E-state index < -0.39 is 0 Å². The topological polar surface area (TPSA) is 70.7 Å². The van der Waals surface area contributed by atoms with Crippen LogP contribution in [0.5, 0.6) is 5.75 Å². The number of carbonyl (C=O) groups is 2. The van der Waals surface area contributed by atoms with E-state index in [0.29, 0.717) is 18.0 Å². The Morgan fingerprint density at radius 1 is 1.11 bits per heavy atom. The van der Waals surface area contributed by atoms with Crippen molar-refractivity contribution < 1.29 is 14.3 Å². The molecule has 6 heteroatoms. The molecule has 148 valence electrons. The molecule has 6 nitrogen and oxygen atoms in total. The number of benzene rings is 1. The standard InChI is InChI=1S/C21H31N3O3/c1-15-10-11-19(27-2)18(13-15)23-20(25)16-7-6-12-24(14-16)21(26)22-17-8-4-3-5-9-17/h10-11,13,16-17H,3-9,12,14H2,1-2H3,(H,22,26)(H,23,25)/t16-/m1/s1. The minimum absolute atomic E-state index is 0.0208. The average Bonchev–Trinajstić information content (AvgIpc) is 2.69. The summed E-state index contributed by atoms with van der Waals surface area (Å²) >= 11 is 0. The van der Waals surface area contributed by atoms with E-state index in [2.05, 4.69) is 10.6 Å². The summed E-state index contributed by atoms with van der Waals surface area (Å²) in [6.07, 6.45) is 7.42. The van der Waals surface area contributed by atoms with Gasteiger partial charge in [-0.2, -0.15) is 0 Å². The SMILES string of the molecule is COc1ccc(C)cc1NC(=O)[C@@H]1CCCN(C(=O)NC2CCCCC2)C1. The lowest BCUT2D eigenvalue weighted by Crippen LogP contribution is -2.50. The molecule has 1 aromatic rings. The van der Waals surface area contributed by atoms with Gasteiger partial charge in [0.05, 0.1) is 18.7 Å². The maximum absolute atomic E-state index is 12.8. The monoisotopic (exact) mass is 373 g/mol. The molecule has 1 aliphatic carbocycles. The van der Waals surface area contributed by atoms with E-state index in [9.17, 15) is 9.59 Å². The van der Waals surface area contributed by atoms with Crippen LogP contribution in [0.4, 0.5) is 10.5 Å². The first-order chi connectivity index (χ1) is 13.1. The highest BCUT2D eigenvalue weighted by Crippen LogP contribution is 2.27. The van der Waals surface area contributed by atoms with Gasteiger partial charge in [-0.15, -0.1) is 0 Å². The highest BCUT2D eigenvalue weighted by Gasteiger charge is 2.30. The van der Waals surface area contributed by atoms with Crippen LogP contribution in [0.25, 0.3) is 0 Å². The van der Waals surface area contributed by atoms with E-state index in [1.54, 1.807) is 12.0 Å². The molecule has 1 saturated carbocycles. The van der Waals surface area contributed by atoms with Crippen LogP contribution in [0, 0.1) is 12.8 Å². The van der Waals surface area contributed by atoms with Crippen molar-refractivity contribution in [2.75, 3.05) is 25.5 Å². The zero-order chi connectivity index (χ0) is 19.2. The van der Waals surface area contributed by atoms with Gasteiger partial charge in [-0.1, -0.05) is 25.3 Å². The lowest BCUT2D eigenvalue weighted by molar-refractivity contribution is -0.121. The third kappa shape index (κ3) is 5.15. The van der Waals surface area contributed by atoms with Crippen LogP contribution in [0.3, 0.4) is 0 Å². The van der Waals surface area contributed by atoms with Crippen LogP contribution in [0.15, 0.2) is 18.2 Å². The zero-order valence-corrected chi connectivity index (χ0v) is 16.4. The molecule has 27 heavy (non-hydrogen) atoms. The Kier molecular flexibility index (Phi) is 6.58. The van der Waals surface area contributed by atoms with Gasteiger partial charge >= 0.3 is 6.03 Å². The van der Waals surface area contributed by atoms with Crippen molar-refractivity contribution in [3.05, 3.63) is 23.8 Å². The van der Waals surface area contributed by atoms with Crippen molar-refractivity contribution >= 4 is 17.6 Å². The van der Waals surface area contributed by atoms with Crippen LogP contribution in [-0.2, 0) is 4.79 Å². The van der Waals surface area contributed by atoms with E-state index >= 15 is 0 Å². The number of anilines is 1. The summed E-state index contributed by atoms with van der Waals surface area (Å²) < 4.78 is 5.34. The first-order valence-corrected chi connectivity index (χ1v) is 10.1. The third-order valence-electron chi connectivity index (χ3n) is 5.63. The summed E-state index contributed by atoms with van der Waals surface area (Å²) in [5, 5.41) is 6.15. The molecule has 1 heterocycles.